The van der Waals surface area contributed by atoms with Crippen molar-refractivity contribution in [2.45, 2.75) is 19.5 Å². The minimum absolute atomic E-state index is 0.0625. The topological polar surface area (TPSA) is 81.4 Å². The van der Waals surface area contributed by atoms with Crippen molar-refractivity contribution >= 4 is 30.1 Å². The molecule has 1 unspecified atom stereocenters. The number of hydrogen-bond acceptors (Lipinski definition) is 4. The van der Waals surface area contributed by atoms with Crippen LogP contribution in [0.25, 0.3) is 22.3 Å². The van der Waals surface area contributed by atoms with Crippen molar-refractivity contribution in [2.75, 3.05) is 6.61 Å². The van der Waals surface area contributed by atoms with Crippen molar-refractivity contribution < 1.29 is 14.0 Å². The molecule has 0 amide bonds. The van der Waals surface area contributed by atoms with Gasteiger partial charge < -0.3 is 9.42 Å². The van der Waals surface area contributed by atoms with Crippen molar-refractivity contribution in [1.82, 2.24) is 9.55 Å². The Hall–Kier alpha value is -1.98. The first-order chi connectivity index (χ1) is 12.8. The Labute approximate surface area is 161 Å². The van der Waals surface area contributed by atoms with Gasteiger partial charge in [-0.05, 0) is 30.2 Å². The van der Waals surface area contributed by atoms with Gasteiger partial charge in [-0.3, -0.25) is 13.9 Å². The number of rotatable bonds is 6. The molecule has 0 aliphatic rings. The third-order valence-corrected chi connectivity index (χ3v) is 5.72. The number of aromatic nitrogens is 2. The number of fused-ring (bicyclic) bond motifs is 1. The fraction of sp³-hybridized carbons (Fsp3) is 0.263. The van der Waals surface area contributed by atoms with E-state index >= 15 is 0 Å². The largest absolute Gasteiger partial charge is 0.332 e. The first kappa shape index (κ1) is 19.8. The molecule has 0 saturated carbocycles. The Morgan fingerprint density at radius 3 is 2.59 bits per heavy atom. The average Bonchev–Trinajstić information content (AvgIpc) is 2.63. The number of hydrogen-bond donors (Lipinski definition) is 1. The van der Waals surface area contributed by atoms with Crippen LogP contribution >= 0.6 is 19.2 Å². The first-order valence-corrected chi connectivity index (χ1v) is 10.7. The van der Waals surface area contributed by atoms with E-state index in [-0.39, 0.29) is 18.3 Å². The molecule has 0 bridgehead atoms. The first-order valence-electron chi connectivity index (χ1n) is 8.52. The molecule has 3 rings (SSSR count). The summed E-state index contributed by atoms with van der Waals surface area (Å²) in [6.45, 7) is 2.13. The minimum Gasteiger partial charge on any atom is -0.324 e. The molecule has 27 heavy (non-hydrogen) atoms. The Balaban J connectivity index is 1.94. The number of halogens is 1. The SMILES string of the molecule is CCCOP(=O)(O)Cc1ccc(-c2nc3cc(Cl)ccc3c(=O)n2C)cc1. The number of nitrogens with zero attached hydrogens (tertiary/aromatic N) is 2. The molecule has 2 aromatic carbocycles. The second-order valence-electron chi connectivity index (χ2n) is 6.29. The minimum atomic E-state index is -3.66. The molecule has 0 aliphatic carbocycles. The van der Waals surface area contributed by atoms with E-state index in [9.17, 15) is 14.3 Å². The van der Waals surface area contributed by atoms with Crippen LogP contribution in [-0.2, 0) is 22.3 Å². The quantitative estimate of drug-likeness (QED) is 0.615. The van der Waals surface area contributed by atoms with Gasteiger partial charge in [0.2, 0.25) is 0 Å². The molecule has 0 saturated heterocycles. The van der Waals surface area contributed by atoms with Crippen molar-refractivity contribution in [3.05, 3.63) is 63.4 Å². The molecule has 3 aromatic rings. The summed E-state index contributed by atoms with van der Waals surface area (Å²) in [5.74, 6) is 0.496. The monoisotopic (exact) mass is 406 g/mol. The summed E-state index contributed by atoms with van der Waals surface area (Å²) in [5, 5.41) is 1.01. The Morgan fingerprint density at radius 1 is 1.22 bits per heavy atom. The summed E-state index contributed by atoms with van der Waals surface area (Å²) in [5.41, 5.74) is 1.76. The van der Waals surface area contributed by atoms with Gasteiger partial charge in [0.25, 0.3) is 5.56 Å². The molecule has 8 heteroatoms. The van der Waals surface area contributed by atoms with E-state index in [4.69, 9.17) is 16.1 Å². The third-order valence-electron chi connectivity index (χ3n) is 4.13. The zero-order valence-corrected chi connectivity index (χ0v) is 16.7. The second-order valence-corrected chi connectivity index (χ2v) is 8.57. The van der Waals surface area contributed by atoms with Crippen LogP contribution in [-0.4, -0.2) is 21.1 Å². The third kappa shape index (κ3) is 4.47. The van der Waals surface area contributed by atoms with E-state index in [1.54, 1.807) is 49.5 Å². The Bertz CT molecular complexity index is 1080. The second kappa shape index (κ2) is 7.95. The van der Waals surface area contributed by atoms with Crippen LogP contribution in [0.15, 0.2) is 47.3 Å². The Kier molecular flexibility index (Phi) is 5.82. The van der Waals surface area contributed by atoms with Gasteiger partial charge in [0.05, 0.1) is 23.7 Å². The van der Waals surface area contributed by atoms with Crippen molar-refractivity contribution in [1.29, 1.82) is 0 Å². The van der Waals surface area contributed by atoms with E-state index in [2.05, 4.69) is 4.98 Å². The summed E-state index contributed by atoms with van der Waals surface area (Å²) in [4.78, 5) is 27.0. The molecule has 1 N–H and O–H groups in total. The lowest BCUT2D eigenvalue weighted by atomic mass is 10.1. The molecule has 1 aromatic heterocycles. The summed E-state index contributed by atoms with van der Waals surface area (Å²) in [6.07, 6.45) is 0.613. The van der Waals surface area contributed by atoms with Crippen LogP contribution in [0.1, 0.15) is 18.9 Å². The maximum Gasteiger partial charge on any atom is 0.332 e. The lowest BCUT2D eigenvalue weighted by Crippen LogP contribution is -2.20. The highest BCUT2D eigenvalue weighted by molar-refractivity contribution is 7.51. The molecule has 142 valence electrons. The number of benzene rings is 2. The van der Waals surface area contributed by atoms with E-state index in [0.29, 0.717) is 33.7 Å². The van der Waals surface area contributed by atoms with Crippen molar-refractivity contribution in [3.63, 3.8) is 0 Å². The van der Waals surface area contributed by atoms with Gasteiger partial charge in [0.1, 0.15) is 5.82 Å². The smallest absolute Gasteiger partial charge is 0.324 e. The molecular formula is C19H20ClN2O4P. The summed E-state index contributed by atoms with van der Waals surface area (Å²) < 4.78 is 18.5. The molecule has 0 radical (unpaired) electrons. The van der Waals surface area contributed by atoms with Crippen LogP contribution in [0.5, 0.6) is 0 Å². The van der Waals surface area contributed by atoms with Crippen molar-refractivity contribution in [2.24, 2.45) is 7.05 Å². The zero-order valence-electron chi connectivity index (χ0n) is 15.1. The van der Waals surface area contributed by atoms with Gasteiger partial charge in [-0.15, -0.1) is 0 Å². The fourth-order valence-electron chi connectivity index (χ4n) is 2.77. The normalized spacial score (nSPS) is 13.6. The lowest BCUT2D eigenvalue weighted by molar-refractivity contribution is 0.259. The lowest BCUT2D eigenvalue weighted by Gasteiger charge is -2.13. The molecule has 0 spiro atoms. The standard InChI is InChI=1S/C19H20ClN2O4P/c1-3-10-26-27(24,25)12-13-4-6-14(7-5-13)18-21-17-11-15(20)8-9-16(17)19(23)22(18)2/h4-9,11H,3,10,12H2,1-2H3,(H,24,25). The van der Waals surface area contributed by atoms with Crippen LogP contribution in [0.3, 0.4) is 0 Å². The highest BCUT2D eigenvalue weighted by Gasteiger charge is 2.20. The van der Waals surface area contributed by atoms with E-state index in [0.717, 1.165) is 5.56 Å². The fourth-order valence-corrected chi connectivity index (χ4v) is 4.17. The van der Waals surface area contributed by atoms with Crippen LogP contribution in [0.4, 0.5) is 0 Å². The maximum atomic E-state index is 12.6. The van der Waals surface area contributed by atoms with E-state index in [1.165, 1.54) is 4.57 Å². The van der Waals surface area contributed by atoms with Gasteiger partial charge in [-0.25, -0.2) is 4.98 Å². The Morgan fingerprint density at radius 2 is 1.93 bits per heavy atom. The zero-order chi connectivity index (χ0) is 19.6. The molecule has 6 nitrogen and oxygen atoms in total. The van der Waals surface area contributed by atoms with E-state index < -0.39 is 7.60 Å². The summed E-state index contributed by atoms with van der Waals surface area (Å²) in [7, 11) is -2.00. The highest BCUT2D eigenvalue weighted by atomic mass is 35.5. The van der Waals surface area contributed by atoms with Gasteiger partial charge in [-0.2, -0.15) is 0 Å². The average molecular weight is 407 g/mol. The van der Waals surface area contributed by atoms with Gasteiger partial charge in [0.15, 0.2) is 0 Å². The van der Waals surface area contributed by atoms with Crippen LogP contribution in [0.2, 0.25) is 5.02 Å². The summed E-state index contributed by atoms with van der Waals surface area (Å²) in [6, 6.07) is 12.0. The van der Waals surface area contributed by atoms with Gasteiger partial charge >= 0.3 is 7.60 Å². The molecular weight excluding hydrogens is 387 g/mol. The molecule has 0 fully saturated rings. The van der Waals surface area contributed by atoms with Gasteiger partial charge in [0, 0.05) is 17.6 Å². The maximum absolute atomic E-state index is 12.6. The highest BCUT2D eigenvalue weighted by Crippen LogP contribution is 2.45. The predicted octanol–water partition coefficient (Wildman–Crippen LogP) is 4.37. The van der Waals surface area contributed by atoms with E-state index in [1.807, 2.05) is 6.92 Å². The predicted molar refractivity (Wildman–Crippen MR) is 107 cm³/mol. The van der Waals surface area contributed by atoms with Crippen LogP contribution in [0, 0.1) is 0 Å². The van der Waals surface area contributed by atoms with Crippen molar-refractivity contribution in [3.8, 4) is 11.4 Å². The molecule has 0 aliphatic heterocycles. The molecule has 1 atom stereocenters. The van der Waals surface area contributed by atoms with Gasteiger partial charge in [-0.1, -0.05) is 42.8 Å². The molecule has 1 heterocycles. The van der Waals surface area contributed by atoms with Crippen LogP contribution < -0.4 is 5.56 Å². The summed E-state index contributed by atoms with van der Waals surface area (Å²) >= 11 is 6.02.